The molecule has 0 fully saturated rings. The number of unbranched alkanes of at least 4 members (excludes halogenated alkanes) is 8. The maximum Gasteiger partial charge on any atom is 0.289 e. The molecule has 1 atom stereocenters. The average Bonchev–Trinajstić information content (AvgIpc) is 2.87. The number of phenols is 2. The highest BCUT2D eigenvalue weighted by Crippen LogP contribution is 2.21. The van der Waals surface area contributed by atoms with Crippen molar-refractivity contribution in [2.24, 2.45) is 5.92 Å². The van der Waals surface area contributed by atoms with Gasteiger partial charge < -0.3 is 20.3 Å². The van der Waals surface area contributed by atoms with E-state index in [1.807, 2.05) is 30.3 Å². The molecule has 189 valence electrons. The summed E-state index contributed by atoms with van der Waals surface area (Å²) >= 11 is 0. The van der Waals surface area contributed by atoms with E-state index in [-0.39, 0.29) is 29.7 Å². The lowest BCUT2D eigenvalue weighted by Gasteiger charge is -2.22. The first-order valence-electron chi connectivity index (χ1n) is 12.9. The van der Waals surface area contributed by atoms with Crippen LogP contribution >= 0.6 is 0 Å². The van der Waals surface area contributed by atoms with Crippen LogP contribution in [0.2, 0.25) is 0 Å². The standard InChI is InChI=1S/C28H40BN2O4/c1-3-4-5-6-7-8-9-10-12-16-22(21-26(33)31(2)23-17-13-11-14-18-23)28(35)30-29-24-19-15-20-25(32)27(24)34/h11,13-15,17-20,22,32,34H,3-10,12,16,21H2,1-2H3,(H,30,35). The normalized spacial score (nSPS) is 11.6. The third-order valence-electron chi connectivity index (χ3n) is 6.38. The molecule has 6 nitrogen and oxygen atoms in total. The molecule has 3 N–H and O–H groups in total. The molecule has 35 heavy (non-hydrogen) atoms. The molecule has 0 bridgehead atoms. The molecule has 0 saturated carbocycles. The molecule has 0 spiro atoms. The Labute approximate surface area is 211 Å². The van der Waals surface area contributed by atoms with Crippen molar-refractivity contribution in [3.8, 4) is 11.5 Å². The zero-order valence-corrected chi connectivity index (χ0v) is 21.2. The topological polar surface area (TPSA) is 89.9 Å². The lowest BCUT2D eigenvalue weighted by molar-refractivity contribution is -0.128. The Bertz CT molecular complexity index is 907. The Hall–Kier alpha value is -2.96. The highest BCUT2D eigenvalue weighted by Gasteiger charge is 2.24. The first kappa shape index (κ1) is 28.3. The minimum atomic E-state index is -0.478. The molecule has 0 aliphatic rings. The molecule has 1 unspecified atom stereocenters. The number of nitrogens with zero attached hydrogens (tertiary/aromatic N) is 1. The van der Waals surface area contributed by atoms with Crippen LogP contribution in [0.4, 0.5) is 5.69 Å². The van der Waals surface area contributed by atoms with Crippen LogP contribution in [0.25, 0.3) is 0 Å². The number of aromatic hydroxyl groups is 2. The predicted molar refractivity (Wildman–Crippen MR) is 143 cm³/mol. The van der Waals surface area contributed by atoms with Gasteiger partial charge in [-0.25, -0.2) is 0 Å². The molecule has 0 aliphatic carbocycles. The first-order valence-corrected chi connectivity index (χ1v) is 12.9. The molecule has 7 heteroatoms. The maximum absolute atomic E-state index is 13.0. The largest absolute Gasteiger partial charge is 0.505 e. The molecular formula is C28H40BN2O4. The first-order chi connectivity index (χ1) is 16.9. The molecule has 2 aromatic carbocycles. The molecule has 2 rings (SSSR count). The van der Waals surface area contributed by atoms with Gasteiger partial charge >= 0.3 is 0 Å². The van der Waals surface area contributed by atoms with Crippen molar-refractivity contribution in [3.05, 3.63) is 48.5 Å². The summed E-state index contributed by atoms with van der Waals surface area (Å²) in [6.07, 6.45) is 11.4. The molecule has 2 aromatic rings. The minimum Gasteiger partial charge on any atom is -0.505 e. The summed E-state index contributed by atoms with van der Waals surface area (Å²) in [4.78, 5) is 27.6. The highest BCUT2D eigenvalue weighted by molar-refractivity contribution is 6.55. The number of carbonyl (C=O) groups excluding carboxylic acids is 2. The van der Waals surface area contributed by atoms with Gasteiger partial charge in [0, 0.05) is 25.1 Å². The van der Waals surface area contributed by atoms with E-state index >= 15 is 0 Å². The summed E-state index contributed by atoms with van der Waals surface area (Å²) in [6, 6.07) is 13.9. The number of hydrogen-bond acceptors (Lipinski definition) is 4. The van der Waals surface area contributed by atoms with Gasteiger partial charge in [-0.2, -0.15) is 0 Å². The SMILES string of the molecule is CCCCCCCCCCCC(CC(=O)N(C)c1ccccc1)C(=O)N[B]c1cccc(O)c1O. The number of phenolic OH excluding ortho intramolecular Hbond substituents is 2. The fourth-order valence-electron chi connectivity index (χ4n) is 4.10. The summed E-state index contributed by atoms with van der Waals surface area (Å²) in [5.41, 5.74) is 1.10. The Morgan fingerprint density at radius 2 is 1.51 bits per heavy atom. The van der Waals surface area contributed by atoms with Crippen molar-refractivity contribution in [3.63, 3.8) is 0 Å². The van der Waals surface area contributed by atoms with Crippen molar-refractivity contribution in [1.29, 1.82) is 0 Å². The molecule has 0 aliphatic heterocycles. The Morgan fingerprint density at radius 3 is 2.17 bits per heavy atom. The van der Waals surface area contributed by atoms with E-state index < -0.39 is 5.92 Å². The van der Waals surface area contributed by atoms with Crippen LogP contribution in [0.5, 0.6) is 11.5 Å². The van der Waals surface area contributed by atoms with Crippen molar-refractivity contribution < 1.29 is 19.8 Å². The number of nitrogens with one attached hydrogen (secondary N) is 1. The van der Waals surface area contributed by atoms with E-state index in [2.05, 4.69) is 12.2 Å². The molecular weight excluding hydrogens is 439 g/mol. The molecule has 0 saturated heterocycles. The third-order valence-corrected chi connectivity index (χ3v) is 6.38. The lowest BCUT2D eigenvalue weighted by Crippen LogP contribution is -2.41. The van der Waals surface area contributed by atoms with E-state index in [9.17, 15) is 19.8 Å². The van der Waals surface area contributed by atoms with Crippen LogP contribution in [-0.4, -0.2) is 36.5 Å². The number of amides is 2. The Morgan fingerprint density at radius 1 is 0.886 bits per heavy atom. The van der Waals surface area contributed by atoms with Crippen LogP contribution in [-0.2, 0) is 9.59 Å². The van der Waals surface area contributed by atoms with E-state index in [1.54, 1.807) is 24.1 Å². The van der Waals surface area contributed by atoms with Crippen molar-refractivity contribution in [2.45, 2.75) is 77.6 Å². The van der Waals surface area contributed by atoms with Gasteiger partial charge in [0.05, 0.1) is 0 Å². The highest BCUT2D eigenvalue weighted by atomic mass is 16.3. The van der Waals surface area contributed by atoms with E-state index in [1.165, 1.54) is 52.0 Å². The second-order valence-corrected chi connectivity index (χ2v) is 9.17. The molecule has 0 heterocycles. The van der Waals surface area contributed by atoms with Gasteiger partial charge in [0.25, 0.3) is 7.41 Å². The lowest BCUT2D eigenvalue weighted by atomic mass is 9.80. The van der Waals surface area contributed by atoms with Crippen LogP contribution in [0.15, 0.2) is 48.5 Å². The second kappa shape index (κ2) is 15.9. The van der Waals surface area contributed by atoms with Crippen molar-refractivity contribution in [1.82, 2.24) is 5.23 Å². The summed E-state index contributed by atoms with van der Waals surface area (Å²) in [5.74, 6) is -1.40. The smallest absolute Gasteiger partial charge is 0.289 e. The molecule has 2 amide bonds. The number of rotatable bonds is 16. The second-order valence-electron chi connectivity index (χ2n) is 9.17. The van der Waals surface area contributed by atoms with Crippen LogP contribution in [0.1, 0.15) is 77.6 Å². The van der Waals surface area contributed by atoms with Gasteiger partial charge in [0.1, 0.15) is 0 Å². The Kier molecular flexibility index (Phi) is 12.8. The van der Waals surface area contributed by atoms with Crippen LogP contribution < -0.4 is 15.6 Å². The maximum atomic E-state index is 13.0. The quantitative estimate of drug-likeness (QED) is 0.179. The van der Waals surface area contributed by atoms with Crippen LogP contribution in [0.3, 0.4) is 0 Å². The van der Waals surface area contributed by atoms with E-state index in [4.69, 9.17) is 0 Å². The fourth-order valence-corrected chi connectivity index (χ4v) is 4.10. The summed E-state index contributed by atoms with van der Waals surface area (Å²) in [5, 5.41) is 22.4. The molecule has 1 radical (unpaired) electrons. The van der Waals surface area contributed by atoms with Crippen molar-refractivity contribution in [2.75, 3.05) is 11.9 Å². The summed E-state index contributed by atoms with van der Waals surface area (Å²) in [7, 11) is 3.11. The van der Waals surface area contributed by atoms with Gasteiger partial charge in [-0.05, 0) is 30.1 Å². The van der Waals surface area contributed by atoms with Crippen molar-refractivity contribution >= 4 is 30.4 Å². The number of anilines is 1. The zero-order chi connectivity index (χ0) is 25.5. The van der Waals surface area contributed by atoms with Crippen LogP contribution in [0, 0.1) is 5.92 Å². The average molecular weight is 479 g/mol. The number of hydrogen-bond donors (Lipinski definition) is 3. The van der Waals surface area contributed by atoms with Gasteiger partial charge in [0.2, 0.25) is 11.8 Å². The van der Waals surface area contributed by atoms with E-state index in [0.29, 0.717) is 11.9 Å². The van der Waals surface area contributed by atoms with E-state index in [0.717, 1.165) is 24.9 Å². The number of para-hydroxylation sites is 2. The van der Waals surface area contributed by atoms with Gasteiger partial charge in [0.15, 0.2) is 11.5 Å². The fraction of sp³-hybridized carbons (Fsp3) is 0.500. The number of carbonyl (C=O) groups is 2. The summed E-state index contributed by atoms with van der Waals surface area (Å²) in [6.45, 7) is 2.22. The third kappa shape index (κ3) is 10.1. The minimum absolute atomic E-state index is 0.105. The van der Waals surface area contributed by atoms with Gasteiger partial charge in [-0.1, -0.05) is 95.0 Å². The van der Waals surface area contributed by atoms with Gasteiger partial charge in [-0.3, -0.25) is 9.59 Å². The predicted octanol–water partition coefficient (Wildman–Crippen LogP) is 5.05. The monoisotopic (exact) mass is 479 g/mol. The Balaban J connectivity index is 1.91. The number of benzene rings is 2. The van der Waals surface area contributed by atoms with Gasteiger partial charge in [-0.15, -0.1) is 0 Å². The summed E-state index contributed by atoms with van der Waals surface area (Å²) < 4.78 is 0. The molecule has 0 aromatic heterocycles. The zero-order valence-electron chi connectivity index (χ0n) is 21.2.